The normalized spacial score (nSPS) is 32.0. The minimum absolute atomic E-state index is 0.350. The fourth-order valence-corrected chi connectivity index (χ4v) is 2.35. The number of rotatable bonds is 3. The Morgan fingerprint density at radius 2 is 2.40 bits per heavy atom. The van der Waals surface area contributed by atoms with Crippen LogP contribution in [0.25, 0.3) is 0 Å². The van der Waals surface area contributed by atoms with E-state index in [1.54, 1.807) is 0 Å². The van der Waals surface area contributed by atoms with Gasteiger partial charge in [0.25, 0.3) is 0 Å². The minimum atomic E-state index is 0.350. The Balaban J connectivity index is 1.81. The van der Waals surface area contributed by atoms with Crippen molar-refractivity contribution in [3.63, 3.8) is 0 Å². The van der Waals surface area contributed by atoms with Crippen LogP contribution in [-0.2, 0) is 0 Å². The van der Waals surface area contributed by atoms with Crippen molar-refractivity contribution >= 4 is 0 Å². The first kappa shape index (κ1) is 10.9. The molecular formula is C13H21NO. The summed E-state index contributed by atoms with van der Waals surface area (Å²) in [4.78, 5) is 2.45. The van der Waals surface area contributed by atoms with Crippen LogP contribution in [0, 0.1) is 11.8 Å². The molecule has 1 saturated heterocycles. The lowest BCUT2D eigenvalue weighted by Gasteiger charge is -2.19. The molecule has 2 nitrogen and oxygen atoms in total. The van der Waals surface area contributed by atoms with Gasteiger partial charge in [-0.25, -0.2) is 0 Å². The van der Waals surface area contributed by atoms with E-state index in [1.807, 2.05) is 0 Å². The summed E-state index contributed by atoms with van der Waals surface area (Å²) >= 11 is 0. The first-order valence-corrected chi connectivity index (χ1v) is 5.98. The van der Waals surface area contributed by atoms with Crippen LogP contribution in [0.15, 0.2) is 23.8 Å². The largest absolute Gasteiger partial charge is 0.396 e. The van der Waals surface area contributed by atoms with Crippen molar-refractivity contribution in [3.05, 3.63) is 23.8 Å². The Morgan fingerprint density at radius 3 is 3.00 bits per heavy atom. The molecule has 1 aliphatic carbocycles. The van der Waals surface area contributed by atoms with E-state index in [4.69, 9.17) is 5.11 Å². The molecular weight excluding hydrogens is 186 g/mol. The van der Waals surface area contributed by atoms with Gasteiger partial charge in [-0.3, -0.25) is 4.90 Å². The molecule has 2 rings (SSSR count). The first-order valence-electron chi connectivity index (χ1n) is 5.98. The number of aliphatic hydroxyl groups excluding tert-OH is 1. The Bertz CT molecular complexity index is 270. The highest BCUT2D eigenvalue weighted by molar-refractivity contribution is 5.24. The Hall–Kier alpha value is -0.600. The van der Waals surface area contributed by atoms with Crippen LogP contribution >= 0.6 is 0 Å². The van der Waals surface area contributed by atoms with Crippen molar-refractivity contribution in [2.24, 2.45) is 11.8 Å². The quantitative estimate of drug-likeness (QED) is 0.763. The SMILES string of the molecule is CC1C=CC(CN2CCC(CO)C2)=CC1. The van der Waals surface area contributed by atoms with Gasteiger partial charge in [-0.1, -0.05) is 25.2 Å². The Kier molecular flexibility index (Phi) is 3.60. The van der Waals surface area contributed by atoms with E-state index in [-0.39, 0.29) is 0 Å². The van der Waals surface area contributed by atoms with Crippen LogP contribution in [-0.4, -0.2) is 36.2 Å². The summed E-state index contributed by atoms with van der Waals surface area (Å²) in [7, 11) is 0. The molecule has 1 fully saturated rings. The summed E-state index contributed by atoms with van der Waals surface area (Å²) in [6.45, 7) is 5.88. The van der Waals surface area contributed by atoms with E-state index in [0.717, 1.165) is 26.1 Å². The number of allylic oxidation sites excluding steroid dienone is 2. The van der Waals surface area contributed by atoms with Crippen LogP contribution in [0.1, 0.15) is 19.8 Å². The van der Waals surface area contributed by atoms with E-state index in [2.05, 4.69) is 30.1 Å². The van der Waals surface area contributed by atoms with Gasteiger partial charge in [0, 0.05) is 19.7 Å². The van der Waals surface area contributed by atoms with Gasteiger partial charge >= 0.3 is 0 Å². The van der Waals surface area contributed by atoms with Gasteiger partial charge in [-0.2, -0.15) is 0 Å². The third kappa shape index (κ3) is 2.93. The minimum Gasteiger partial charge on any atom is -0.396 e. The molecule has 2 atom stereocenters. The highest BCUT2D eigenvalue weighted by atomic mass is 16.3. The highest BCUT2D eigenvalue weighted by Gasteiger charge is 2.21. The van der Waals surface area contributed by atoms with Crippen LogP contribution in [0.2, 0.25) is 0 Å². The standard InChI is InChI=1S/C13H21NO/c1-11-2-4-12(5-3-11)8-14-7-6-13(9-14)10-15/h2,4-5,11,13,15H,3,6-10H2,1H3. The smallest absolute Gasteiger partial charge is 0.0471 e. The molecule has 0 bridgehead atoms. The molecule has 0 spiro atoms. The van der Waals surface area contributed by atoms with E-state index in [9.17, 15) is 0 Å². The van der Waals surface area contributed by atoms with E-state index < -0.39 is 0 Å². The van der Waals surface area contributed by atoms with Crippen molar-refractivity contribution in [1.29, 1.82) is 0 Å². The van der Waals surface area contributed by atoms with Gasteiger partial charge in [0.1, 0.15) is 0 Å². The average molecular weight is 207 g/mol. The topological polar surface area (TPSA) is 23.5 Å². The number of hydrogen-bond acceptors (Lipinski definition) is 2. The third-order valence-corrected chi connectivity index (χ3v) is 3.43. The van der Waals surface area contributed by atoms with Crippen molar-refractivity contribution in [2.75, 3.05) is 26.2 Å². The van der Waals surface area contributed by atoms with Crippen LogP contribution in [0.3, 0.4) is 0 Å². The molecule has 0 amide bonds. The van der Waals surface area contributed by atoms with E-state index >= 15 is 0 Å². The second-order valence-electron chi connectivity index (χ2n) is 4.92. The number of hydrogen-bond donors (Lipinski definition) is 1. The maximum absolute atomic E-state index is 9.07. The molecule has 15 heavy (non-hydrogen) atoms. The highest BCUT2D eigenvalue weighted by Crippen LogP contribution is 2.20. The van der Waals surface area contributed by atoms with Gasteiger partial charge < -0.3 is 5.11 Å². The molecule has 2 heteroatoms. The second-order valence-corrected chi connectivity index (χ2v) is 4.92. The van der Waals surface area contributed by atoms with Gasteiger partial charge in [0.05, 0.1) is 0 Å². The van der Waals surface area contributed by atoms with Gasteiger partial charge in [-0.05, 0) is 36.8 Å². The summed E-state index contributed by atoms with van der Waals surface area (Å²) in [6.07, 6.45) is 9.26. The summed E-state index contributed by atoms with van der Waals surface area (Å²) in [5.74, 6) is 1.22. The summed E-state index contributed by atoms with van der Waals surface area (Å²) in [6, 6.07) is 0. The molecule has 2 unspecified atom stereocenters. The molecule has 2 aliphatic rings. The van der Waals surface area contributed by atoms with Gasteiger partial charge in [0.15, 0.2) is 0 Å². The number of likely N-dealkylation sites (tertiary alicyclic amines) is 1. The van der Waals surface area contributed by atoms with Crippen LogP contribution < -0.4 is 0 Å². The van der Waals surface area contributed by atoms with E-state index in [1.165, 1.54) is 12.0 Å². The molecule has 0 aromatic rings. The summed E-state index contributed by atoms with van der Waals surface area (Å²) < 4.78 is 0. The lowest BCUT2D eigenvalue weighted by atomic mass is 9.98. The summed E-state index contributed by atoms with van der Waals surface area (Å²) in [5, 5.41) is 9.07. The maximum atomic E-state index is 9.07. The Labute approximate surface area is 92.3 Å². The molecule has 1 heterocycles. The summed E-state index contributed by atoms with van der Waals surface area (Å²) in [5.41, 5.74) is 1.45. The zero-order valence-electron chi connectivity index (χ0n) is 9.52. The van der Waals surface area contributed by atoms with E-state index in [0.29, 0.717) is 18.4 Å². The van der Waals surface area contributed by atoms with Crippen molar-refractivity contribution < 1.29 is 5.11 Å². The molecule has 0 saturated carbocycles. The average Bonchev–Trinajstić information content (AvgIpc) is 2.69. The lowest BCUT2D eigenvalue weighted by Crippen LogP contribution is -2.24. The molecule has 84 valence electrons. The molecule has 1 aliphatic heterocycles. The predicted octanol–water partition coefficient (Wildman–Crippen LogP) is 1.82. The molecule has 0 aromatic carbocycles. The number of nitrogens with zero attached hydrogens (tertiary/aromatic N) is 1. The molecule has 0 aromatic heterocycles. The maximum Gasteiger partial charge on any atom is 0.0471 e. The predicted molar refractivity (Wildman–Crippen MR) is 62.6 cm³/mol. The zero-order valence-corrected chi connectivity index (χ0v) is 9.52. The molecule has 1 N–H and O–H groups in total. The monoisotopic (exact) mass is 207 g/mol. The van der Waals surface area contributed by atoms with Crippen molar-refractivity contribution in [1.82, 2.24) is 4.90 Å². The first-order chi connectivity index (χ1) is 7.28. The van der Waals surface area contributed by atoms with Crippen LogP contribution in [0.4, 0.5) is 0 Å². The van der Waals surface area contributed by atoms with Crippen LogP contribution in [0.5, 0.6) is 0 Å². The lowest BCUT2D eigenvalue weighted by molar-refractivity contribution is 0.224. The zero-order chi connectivity index (χ0) is 10.7. The molecule has 0 radical (unpaired) electrons. The van der Waals surface area contributed by atoms with Gasteiger partial charge in [-0.15, -0.1) is 0 Å². The second kappa shape index (κ2) is 4.95. The van der Waals surface area contributed by atoms with Gasteiger partial charge in [0.2, 0.25) is 0 Å². The third-order valence-electron chi connectivity index (χ3n) is 3.43. The van der Waals surface area contributed by atoms with Crippen molar-refractivity contribution in [3.8, 4) is 0 Å². The number of aliphatic hydroxyl groups is 1. The fraction of sp³-hybridized carbons (Fsp3) is 0.692. The Morgan fingerprint density at radius 1 is 1.53 bits per heavy atom. The van der Waals surface area contributed by atoms with Crippen molar-refractivity contribution in [2.45, 2.75) is 19.8 Å². The fourth-order valence-electron chi connectivity index (χ4n) is 2.35.